The maximum Gasteiger partial charge on any atom is 0.328 e. The molecule has 0 aliphatic carbocycles. The molecule has 0 saturated heterocycles. The van der Waals surface area contributed by atoms with Crippen LogP contribution in [0.15, 0.2) is 12.2 Å². The Morgan fingerprint density at radius 1 is 0.833 bits per heavy atom. The second-order valence-electron chi connectivity index (χ2n) is 3.09. The minimum absolute atomic E-state index is 0.558. The number of hydrogen-bond donors (Lipinski definition) is 6. The van der Waals surface area contributed by atoms with Crippen LogP contribution in [0.4, 0.5) is 0 Å². The van der Waals surface area contributed by atoms with Gasteiger partial charge in [0.1, 0.15) is 0 Å². The van der Waals surface area contributed by atoms with Gasteiger partial charge in [0.05, 0.1) is 0 Å². The minimum Gasteiger partial charge on any atom is -0.478 e. The first-order valence-corrected chi connectivity index (χ1v) is 5.50. The van der Waals surface area contributed by atoms with Crippen LogP contribution >= 0.6 is 0 Å². The molecule has 0 aromatic carbocycles. The number of rotatable bonds is 9. The van der Waals surface area contributed by atoms with Crippen molar-refractivity contribution in [3.05, 3.63) is 12.2 Å². The van der Waals surface area contributed by atoms with Crippen molar-refractivity contribution in [2.45, 2.75) is 0 Å². The smallest absolute Gasteiger partial charge is 0.328 e. The molecular formula is C10H22N4O4. The third-order valence-electron chi connectivity index (χ3n) is 1.49. The van der Waals surface area contributed by atoms with Crippen molar-refractivity contribution in [2.75, 3.05) is 39.3 Å². The molecule has 0 bridgehead atoms. The highest BCUT2D eigenvalue weighted by atomic mass is 16.4. The molecule has 8 heteroatoms. The number of hydrogen-bond acceptors (Lipinski definition) is 6. The van der Waals surface area contributed by atoms with Crippen molar-refractivity contribution in [2.24, 2.45) is 11.5 Å². The zero-order chi connectivity index (χ0) is 14.2. The fourth-order valence-corrected chi connectivity index (χ4v) is 0.773. The second-order valence-corrected chi connectivity index (χ2v) is 3.09. The average Bonchev–Trinajstić information content (AvgIpc) is 2.32. The van der Waals surface area contributed by atoms with Crippen LogP contribution in [0.2, 0.25) is 0 Å². The van der Waals surface area contributed by atoms with Gasteiger partial charge >= 0.3 is 11.9 Å². The van der Waals surface area contributed by atoms with Gasteiger partial charge in [-0.05, 0) is 0 Å². The molecule has 0 aliphatic heterocycles. The lowest BCUT2D eigenvalue weighted by Gasteiger charge is -2.03. The van der Waals surface area contributed by atoms with Crippen LogP contribution < -0.4 is 22.1 Å². The number of carbonyl (C=O) groups is 2. The van der Waals surface area contributed by atoms with E-state index in [9.17, 15) is 9.59 Å². The summed E-state index contributed by atoms with van der Waals surface area (Å²) < 4.78 is 0. The fraction of sp³-hybridized carbons (Fsp3) is 0.600. The highest BCUT2D eigenvalue weighted by molar-refractivity contribution is 5.89. The Bertz CT molecular complexity index is 222. The second kappa shape index (κ2) is 15.5. The van der Waals surface area contributed by atoms with Gasteiger partial charge in [-0.2, -0.15) is 0 Å². The van der Waals surface area contributed by atoms with E-state index >= 15 is 0 Å². The van der Waals surface area contributed by atoms with Gasteiger partial charge in [-0.15, -0.1) is 0 Å². The summed E-state index contributed by atoms with van der Waals surface area (Å²) in [7, 11) is 0. The van der Waals surface area contributed by atoms with E-state index < -0.39 is 11.9 Å². The monoisotopic (exact) mass is 262 g/mol. The standard InChI is InChI=1S/C6H18N4.C4H4O4/c7-1-3-9-5-6-10-4-2-8;5-3(6)1-2-4(7)8/h9-10H,1-8H2;1-2H,(H,5,6)(H,7,8)/b;2-1-. The quantitative estimate of drug-likeness (QED) is 0.202. The highest BCUT2D eigenvalue weighted by Crippen LogP contribution is 1.70. The number of aliphatic carboxylic acids is 2. The number of carboxylic acids is 2. The third kappa shape index (κ3) is 24.0. The first-order chi connectivity index (χ1) is 8.54. The summed E-state index contributed by atoms with van der Waals surface area (Å²) >= 11 is 0. The fourth-order valence-electron chi connectivity index (χ4n) is 0.773. The van der Waals surface area contributed by atoms with Crippen LogP contribution in [-0.2, 0) is 9.59 Å². The Morgan fingerprint density at radius 3 is 1.39 bits per heavy atom. The van der Waals surface area contributed by atoms with Gasteiger partial charge in [-0.3, -0.25) is 0 Å². The summed E-state index contributed by atoms with van der Waals surface area (Å²) in [4.78, 5) is 19.1. The van der Waals surface area contributed by atoms with E-state index in [-0.39, 0.29) is 0 Å². The lowest BCUT2D eigenvalue weighted by molar-refractivity contribution is -0.134. The molecule has 0 heterocycles. The molecule has 0 aromatic heterocycles. The first kappa shape index (κ1) is 18.9. The lowest BCUT2D eigenvalue weighted by atomic mass is 10.5. The lowest BCUT2D eigenvalue weighted by Crippen LogP contribution is -2.32. The van der Waals surface area contributed by atoms with Gasteiger partial charge in [0.15, 0.2) is 0 Å². The van der Waals surface area contributed by atoms with Crippen molar-refractivity contribution in [3.8, 4) is 0 Å². The van der Waals surface area contributed by atoms with E-state index in [1.165, 1.54) is 0 Å². The van der Waals surface area contributed by atoms with Crippen molar-refractivity contribution < 1.29 is 19.8 Å². The Kier molecular flexibility index (Phi) is 16.3. The molecule has 0 amide bonds. The SMILES string of the molecule is NCCNCCNCCN.O=C(O)/C=C\C(=O)O. The summed E-state index contributed by atoms with van der Waals surface area (Å²) in [6.07, 6.45) is 1.12. The maximum absolute atomic E-state index is 9.55. The number of nitrogens with two attached hydrogens (primary N) is 2. The molecule has 0 radical (unpaired) electrons. The molecule has 18 heavy (non-hydrogen) atoms. The molecule has 106 valence electrons. The Morgan fingerprint density at radius 2 is 1.17 bits per heavy atom. The van der Waals surface area contributed by atoms with Crippen LogP contribution in [0.1, 0.15) is 0 Å². The maximum atomic E-state index is 9.55. The predicted molar refractivity (Wildman–Crippen MR) is 68.3 cm³/mol. The Balaban J connectivity index is 0. The zero-order valence-electron chi connectivity index (χ0n) is 10.3. The Hall–Kier alpha value is -1.48. The molecule has 8 nitrogen and oxygen atoms in total. The zero-order valence-corrected chi connectivity index (χ0v) is 10.3. The summed E-state index contributed by atoms with van der Waals surface area (Å²) in [6, 6.07) is 0. The summed E-state index contributed by atoms with van der Waals surface area (Å²) in [6.45, 7) is 5.14. The van der Waals surface area contributed by atoms with Gasteiger partial charge in [0, 0.05) is 51.4 Å². The molecular weight excluding hydrogens is 240 g/mol. The van der Waals surface area contributed by atoms with Gasteiger partial charge in [-0.25, -0.2) is 9.59 Å². The largest absolute Gasteiger partial charge is 0.478 e. The predicted octanol–water partition coefficient (Wildman–Crippen LogP) is -2.21. The molecule has 0 unspecified atom stereocenters. The van der Waals surface area contributed by atoms with Gasteiger partial charge in [0.25, 0.3) is 0 Å². The topological polar surface area (TPSA) is 151 Å². The van der Waals surface area contributed by atoms with Crippen LogP contribution in [0.3, 0.4) is 0 Å². The van der Waals surface area contributed by atoms with Gasteiger partial charge in [-0.1, -0.05) is 0 Å². The van der Waals surface area contributed by atoms with E-state index in [2.05, 4.69) is 10.6 Å². The van der Waals surface area contributed by atoms with Crippen molar-refractivity contribution in [1.82, 2.24) is 10.6 Å². The van der Waals surface area contributed by atoms with Crippen LogP contribution in [0, 0.1) is 0 Å². The van der Waals surface area contributed by atoms with E-state index in [0.29, 0.717) is 25.2 Å². The molecule has 0 spiro atoms. The Labute approximate surface area is 106 Å². The first-order valence-electron chi connectivity index (χ1n) is 5.50. The number of carboxylic acid groups (broad SMARTS) is 2. The molecule has 0 atom stereocenters. The van der Waals surface area contributed by atoms with E-state index in [4.69, 9.17) is 21.7 Å². The summed E-state index contributed by atoms with van der Waals surface area (Å²) in [5.41, 5.74) is 10.5. The minimum atomic E-state index is -1.26. The van der Waals surface area contributed by atoms with Gasteiger partial charge in [0.2, 0.25) is 0 Å². The van der Waals surface area contributed by atoms with Crippen LogP contribution in [0.5, 0.6) is 0 Å². The van der Waals surface area contributed by atoms with Crippen LogP contribution in [-0.4, -0.2) is 61.4 Å². The highest BCUT2D eigenvalue weighted by Gasteiger charge is 1.88. The van der Waals surface area contributed by atoms with E-state index in [1.54, 1.807) is 0 Å². The molecule has 0 aromatic rings. The van der Waals surface area contributed by atoms with Crippen LogP contribution in [0.25, 0.3) is 0 Å². The summed E-state index contributed by atoms with van der Waals surface area (Å²) in [5.74, 6) is -2.51. The average molecular weight is 262 g/mol. The molecule has 0 aliphatic rings. The number of nitrogens with one attached hydrogen (secondary N) is 2. The van der Waals surface area contributed by atoms with E-state index in [1.807, 2.05) is 0 Å². The molecule has 8 N–H and O–H groups in total. The van der Waals surface area contributed by atoms with Crippen molar-refractivity contribution in [1.29, 1.82) is 0 Å². The van der Waals surface area contributed by atoms with Crippen molar-refractivity contribution in [3.63, 3.8) is 0 Å². The molecule has 0 rings (SSSR count). The van der Waals surface area contributed by atoms with Crippen molar-refractivity contribution >= 4 is 11.9 Å². The molecule has 0 saturated carbocycles. The summed E-state index contributed by atoms with van der Waals surface area (Å²) in [5, 5.41) is 22.0. The normalized spacial score (nSPS) is 9.89. The van der Waals surface area contributed by atoms with Gasteiger partial charge < -0.3 is 32.3 Å². The molecule has 0 fully saturated rings. The van der Waals surface area contributed by atoms with E-state index in [0.717, 1.165) is 26.2 Å². The third-order valence-corrected chi connectivity index (χ3v) is 1.49.